The van der Waals surface area contributed by atoms with E-state index in [0.717, 1.165) is 31.7 Å². The lowest BCUT2D eigenvalue weighted by atomic mass is 10.1. The van der Waals surface area contributed by atoms with Crippen LogP contribution in [0.15, 0.2) is 34.8 Å². The molecule has 2 aromatic heterocycles. The van der Waals surface area contributed by atoms with E-state index in [0.29, 0.717) is 11.3 Å². The van der Waals surface area contributed by atoms with Crippen molar-refractivity contribution in [3.05, 3.63) is 56.5 Å². The molecular formula is C17H13BrF3NO2S. The van der Waals surface area contributed by atoms with Crippen molar-refractivity contribution in [3.8, 4) is 0 Å². The first kappa shape index (κ1) is 18.0. The van der Waals surface area contributed by atoms with Crippen LogP contribution < -0.4 is 0 Å². The molecule has 0 amide bonds. The van der Waals surface area contributed by atoms with E-state index in [-0.39, 0.29) is 6.54 Å². The van der Waals surface area contributed by atoms with Crippen LogP contribution in [0.1, 0.15) is 26.5 Å². The number of halogens is 4. The van der Waals surface area contributed by atoms with Crippen molar-refractivity contribution >= 4 is 43.5 Å². The zero-order valence-corrected chi connectivity index (χ0v) is 15.7. The summed E-state index contributed by atoms with van der Waals surface area (Å²) in [6, 6.07) is 6.67. The number of thiophene rings is 1. The molecule has 0 bridgehead atoms. The van der Waals surface area contributed by atoms with Gasteiger partial charge in [0.05, 0.1) is 27.4 Å². The van der Waals surface area contributed by atoms with Crippen molar-refractivity contribution in [3.63, 3.8) is 0 Å². The summed E-state index contributed by atoms with van der Waals surface area (Å²) in [6.45, 7) is 2.22. The minimum Gasteiger partial charge on any atom is -0.464 e. The summed E-state index contributed by atoms with van der Waals surface area (Å²) in [5.74, 6) is -0.486. The fraction of sp³-hybridized carbons (Fsp3) is 0.235. The maximum Gasteiger partial charge on any atom is 0.416 e. The topological polar surface area (TPSA) is 31.2 Å². The molecule has 0 spiro atoms. The van der Waals surface area contributed by atoms with Gasteiger partial charge in [-0.15, -0.1) is 11.3 Å². The van der Waals surface area contributed by atoms with Crippen LogP contribution in [0.3, 0.4) is 0 Å². The van der Waals surface area contributed by atoms with Crippen molar-refractivity contribution in [2.24, 2.45) is 0 Å². The van der Waals surface area contributed by atoms with E-state index in [9.17, 15) is 18.0 Å². The van der Waals surface area contributed by atoms with E-state index in [4.69, 9.17) is 4.74 Å². The Morgan fingerprint density at radius 1 is 1.28 bits per heavy atom. The van der Waals surface area contributed by atoms with Crippen LogP contribution in [0.5, 0.6) is 0 Å². The van der Waals surface area contributed by atoms with Gasteiger partial charge in [0.1, 0.15) is 5.69 Å². The number of fused-ring (bicyclic) bond motifs is 1. The van der Waals surface area contributed by atoms with Crippen molar-refractivity contribution in [1.29, 1.82) is 0 Å². The van der Waals surface area contributed by atoms with Crippen LogP contribution in [-0.4, -0.2) is 17.6 Å². The van der Waals surface area contributed by atoms with Crippen LogP contribution in [0.4, 0.5) is 13.2 Å². The number of nitrogens with zero attached hydrogens (tertiary/aromatic N) is 1. The molecule has 0 radical (unpaired) electrons. The molecule has 8 heteroatoms. The molecule has 25 heavy (non-hydrogen) atoms. The Labute approximate surface area is 154 Å². The SMILES string of the molecule is COC(=O)c1cc2sc(C)c(Br)c2n1Cc1ccc(C(F)(F)F)cc1. The molecule has 2 heterocycles. The Balaban J connectivity index is 2.06. The van der Waals surface area contributed by atoms with Gasteiger partial charge in [-0.3, -0.25) is 0 Å². The average molecular weight is 432 g/mol. The molecular weight excluding hydrogens is 419 g/mol. The molecule has 0 saturated heterocycles. The first-order chi connectivity index (χ1) is 11.7. The number of esters is 1. The van der Waals surface area contributed by atoms with Crippen LogP contribution in [-0.2, 0) is 17.5 Å². The predicted molar refractivity (Wildman–Crippen MR) is 94.1 cm³/mol. The van der Waals surface area contributed by atoms with Gasteiger partial charge in [-0.1, -0.05) is 12.1 Å². The van der Waals surface area contributed by atoms with Gasteiger partial charge in [-0.2, -0.15) is 13.2 Å². The van der Waals surface area contributed by atoms with Gasteiger partial charge < -0.3 is 9.30 Å². The van der Waals surface area contributed by atoms with E-state index in [1.165, 1.54) is 30.6 Å². The Kier molecular flexibility index (Phi) is 4.68. The molecule has 0 saturated carbocycles. The van der Waals surface area contributed by atoms with Gasteiger partial charge in [0.15, 0.2) is 0 Å². The fourth-order valence-electron chi connectivity index (χ4n) is 2.62. The number of aryl methyl sites for hydroxylation is 1. The largest absolute Gasteiger partial charge is 0.464 e. The monoisotopic (exact) mass is 431 g/mol. The lowest BCUT2D eigenvalue weighted by Gasteiger charge is -2.11. The fourth-order valence-corrected chi connectivity index (χ4v) is 4.42. The van der Waals surface area contributed by atoms with Crippen LogP contribution in [0, 0.1) is 6.92 Å². The summed E-state index contributed by atoms with van der Waals surface area (Å²) < 4.78 is 46.5. The molecule has 1 aromatic carbocycles. The number of alkyl halides is 3. The molecule has 3 nitrogen and oxygen atoms in total. The molecule has 0 aliphatic carbocycles. The lowest BCUT2D eigenvalue weighted by Crippen LogP contribution is -2.12. The van der Waals surface area contributed by atoms with Gasteiger partial charge >= 0.3 is 12.1 Å². The molecule has 132 valence electrons. The number of methoxy groups -OCH3 is 1. The number of aromatic nitrogens is 1. The molecule has 3 aromatic rings. The van der Waals surface area contributed by atoms with E-state index in [2.05, 4.69) is 15.9 Å². The van der Waals surface area contributed by atoms with Crippen LogP contribution in [0.2, 0.25) is 0 Å². The molecule has 0 atom stereocenters. The zero-order chi connectivity index (χ0) is 18.4. The summed E-state index contributed by atoms with van der Waals surface area (Å²) in [5, 5.41) is 0. The number of hydrogen-bond acceptors (Lipinski definition) is 3. The standard InChI is InChI=1S/C17H13BrF3NO2S/c1-9-14(18)15-13(25-9)7-12(16(23)24-2)22(15)8-10-3-5-11(6-4-10)17(19,20)21/h3-7H,8H2,1-2H3. The molecule has 0 unspecified atom stereocenters. The summed E-state index contributed by atoms with van der Waals surface area (Å²) in [7, 11) is 1.30. The number of benzene rings is 1. The quantitative estimate of drug-likeness (QED) is 0.503. The Hall–Kier alpha value is -1.80. The second-order valence-corrected chi connectivity index (χ2v) is 7.54. The molecule has 0 fully saturated rings. The van der Waals surface area contributed by atoms with Gasteiger partial charge in [0, 0.05) is 11.4 Å². The van der Waals surface area contributed by atoms with Crippen LogP contribution in [0.25, 0.3) is 10.2 Å². The van der Waals surface area contributed by atoms with Gasteiger partial charge in [0.2, 0.25) is 0 Å². The van der Waals surface area contributed by atoms with Gasteiger partial charge in [0.25, 0.3) is 0 Å². The molecule has 0 N–H and O–H groups in total. The number of hydrogen-bond donors (Lipinski definition) is 0. The summed E-state index contributed by atoms with van der Waals surface area (Å²) in [4.78, 5) is 13.1. The van der Waals surface area contributed by atoms with Crippen molar-refractivity contribution in [2.75, 3.05) is 7.11 Å². The number of carbonyl (C=O) groups excluding carboxylic acids is 1. The second-order valence-electron chi connectivity index (χ2n) is 5.49. The first-order valence-corrected chi connectivity index (χ1v) is 8.86. The third kappa shape index (κ3) is 3.32. The van der Waals surface area contributed by atoms with Crippen molar-refractivity contribution in [1.82, 2.24) is 4.57 Å². The maximum atomic E-state index is 12.7. The minimum absolute atomic E-state index is 0.265. The maximum absolute atomic E-state index is 12.7. The smallest absolute Gasteiger partial charge is 0.416 e. The van der Waals surface area contributed by atoms with Crippen molar-refractivity contribution < 1.29 is 22.7 Å². The minimum atomic E-state index is -4.37. The van der Waals surface area contributed by atoms with Gasteiger partial charge in [-0.05, 0) is 46.6 Å². The van der Waals surface area contributed by atoms with Crippen LogP contribution >= 0.6 is 27.3 Å². The van der Waals surface area contributed by atoms with Gasteiger partial charge in [-0.25, -0.2) is 4.79 Å². The number of rotatable bonds is 3. The lowest BCUT2D eigenvalue weighted by molar-refractivity contribution is -0.137. The first-order valence-electron chi connectivity index (χ1n) is 7.25. The summed E-state index contributed by atoms with van der Waals surface area (Å²) in [6.07, 6.45) is -4.37. The summed E-state index contributed by atoms with van der Waals surface area (Å²) >= 11 is 5.06. The van der Waals surface area contributed by atoms with Crippen molar-refractivity contribution in [2.45, 2.75) is 19.6 Å². The zero-order valence-electron chi connectivity index (χ0n) is 13.3. The average Bonchev–Trinajstić information content (AvgIpc) is 3.04. The molecule has 0 aliphatic rings. The Bertz CT molecular complexity index is 942. The van der Waals surface area contributed by atoms with E-state index >= 15 is 0 Å². The molecule has 3 rings (SSSR count). The highest BCUT2D eigenvalue weighted by molar-refractivity contribution is 9.10. The highest BCUT2D eigenvalue weighted by Crippen LogP contribution is 2.38. The highest BCUT2D eigenvalue weighted by Gasteiger charge is 2.30. The van der Waals surface area contributed by atoms with E-state index < -0.39 is 17.7 Å². The van der Waals surface area contributed by atoms with E-state index in [1.807, 2.05) is 6.92 Å². The third-order valence-electron chi connectivity index (χ3n) is 3.86. The second kappa shape index (κ2) is 6.49. The number of carbonyl (C=O) groups is 1. The predicted octanol–water partition coefficient (Wildman–Crippen LogP) is 5.63. The van der Waals surface area contributed by atoms with E-state index in [1.54, 1.807) is 10.6 Å². The Morgan fingerprint density at radius 2 is 1.92 bits per heavy atom. The third-order valence-corrected chi connectivity index (χ3v) is 6.13. The number of ether oxygens (including phenoxy) is 1. The summed E-state index contributed by atoms with van der Waals surface area (Å²) in [5.41, 5.74) is 1.16. The normalized spacial score (nSPS) is 11.9. The highest BCUT2D eigenvalue weighted by atomic mass is 79.9. The Morgan fingerprint density at radius 3 is 2.48 bits per heavy atom. The molecule has 0 aliphatic heterocycles.